The first kappa shape index (κ1) is 18.9. The summed E-state index contributed by atoms with van der Waals surface area (Å²) in [5.41, 5.74) is 3.96. The zero-order valence-electron chi connectivity index (χ0n) is 17.7. The molecular formula is C24H27N5O. The van der Waals surface area contributed by atoms with Gasteiger partial charge in [-0.1, -0.05) is 19.1 Å². The van der Waals surface area contributed by atoms with Crippen LogP contribution in [0.15, 0.2) is 53.3 Å². The zero-order valence-corrected chi connectivity index (χ0v) is 17.7. The Balaban J connectivity index is 1.53. The number of benzene rings is 1. The topological polar surface area (TPSA) is 60.0 Å². The summed E-state index contributed by atoms with van der Waals surface area (Å²) in [4.78, 5) is 16.7. The van der Waals surface area contributed by atoms with Crippen molar-refractivity contribution >= 4 is 16.9 Å². The van der Waals surface area contributed by atoms with E-state index < -0.39 is 0 Å². The van der Waals surface area contributed by atoms with Crippen molar-refractivity contribution in [3.8, 4) is 11.4 Å². The van der Waals surface area contributed by atoms with E-state index in [0.29, 0.717) is 18.6 Å². The molecule has 30 heavy (non-hydrogen) atoms. The highest BCUT2D eigenvalue weighted by molar-refractivity contribution is 5.80. The van der Waals surface area contributed by atoms with Gasteiger partial charge in [0.2, 0.25) is 0 Å². The molecule has 4 aromatic rings. The number of pyridine rings is 1. The minimum atomic E-state index is 0.530. The third-order valence-corrected chi connectivity index (χ3v) is 6.10. The number of para-hydroxylation sites is 2. The Labute approximate surface area is 176 Å². The third-order valence-electron chi connectivity index (χ3n) is 6.10. The van der Waals surface area contributed by atoms with E-state index in [-0.39, 0.29) is 0 Å². The number of hydrogen-bond acceptors (Lipinski definition) is 5. The molecule has 0 N–H and O–H groups in total. The second kappa shape index (κ2) is 7.59. The van der Waals surface area contributed by atoms with Gasteiger partial charge < -0.3 is 13.9 Å². The van der Waals surface area contributed by atoms with Gasteiger partial charge >= 0.3 is 0 Å². The lowest BCUT2D eigenvalue weighted by Gasteiger charge is -2.27. The average molecular weight is 402 g/mol. The van der Waals surface area contributed by atoms with Crippen molar-refractivity contribution in [2.24, 2.45) is 0 Å². The van der Waals surface area contributed by atoms with E-state index in [1.165, 1.54) is 12.8 Å². The maximum absolute atomic E-state index is 5.55. The molecule has 6 heteroatoms. The minimum Gasteiger partial charge on any atom is -0.449 e. The van der Waals surface area contributed by atoms with E-state index in [2.05, 4.69) is 46.5 Å². The van der Waals surface area contributed by atoms with Crippen molar-refractivity contribution in [3.05, 3.63) is 60.4 Å². The molecule has 4 heterocycles. The van der Waals surface area contributed by atoms with Gasteiger partial charge in [0, 0.05) is 30.3 Å². The number of fused-ring (bicyclic) bond motifs is 1. The molecule has 3 aromatic heterocycles. The Morgan fingerprint density at radius 1 is 1.03 bits per heavy atom. The maximum Gasteiger partial charge on any atom is 0.193 e. The van der Waals surface area contributed by atoms with Gasteiger partial charge in [0.1, 0.15) is 17.9 Å². The highest BCUT2D eigenvalue weighted by atomic mass is 16.3. The number of oxazole rings is 1. The number of anilines is 1. The first-order valence-electron chi connectivity index (χ1n) is 10.8. The number of rotatable bonds is 5. The molecular weight excluding hydrogens is 374 g/mol. The molecule has 0 unspecified atom stereocenters. The summed E-state index contributed by atoms with van der Waals surface area (Å²) < 4.78 is 7.75. The van der Waals surface area contributed by atoms with Crippen LogP contribution in [0.25, 0.3) is 22.4 Å². The van der Waals surface area contributed by atoms with Crippen LogP contribution in [-0.4, -0.2) is 31.6 Å². The normalized spacial score (nSPS) is 19.1. The molecule has 2 atom stereocenters. The van der Waals surface area contributed by atoms with E-state index >= 15 is 0 Å². The molecule has 0 bridgehead atoms. The molecule has 1 aliphatic rings. The second-order valence-electron chi connectivity index (χ2n) is 8.18. The number of nitrogens with zero attached hydrogens (tertiary/aromatic N) is 5. The van der Waals surface area contributed by atoms with E-state index in [1.807, 2.05) is 31.3 Å². The molecule has 5 rings (SSSR count). The average Bonchev–Trinajstić information content (AvgIpc) is 3.46. The summed E-state index contributed by atoms with van der Waals surface area (Å²) in [6, 6.07) is 13.5. The Hall–Kier alpha value is -3.15. The molecule has 0 spiro atoms. The van der Waals surface area contributed by atoms with Crippen molar-refractivity contribution in [2.75, 3.05) is 4.90 Å². The van der Waals surface area contributed by atoms with Gasteiger partial charge in [-0.15, -0.1) is 0 Å². The van der Waals surface area contributed by atoms with Crippen molar-refractivity contribution in [3.63, 3.8) is 0 Å². The molecule has 0 amide bonds. The molecule has 0 radical (unpaired) electrons. The van der Waals surface area contributed by atoms with Crippen LogP contribution in [0.2, 0.25) is 0 Å². The lowest BCUT2D eigenvalue weighted by atomic mass is 10.2. The second-order valence-corrected chi connectivity index (χ2v) is 8.18. The number of hydrogen-bond donors (Lipinski definition) is 0. The fraction of sp³-hybridized carbons (Fsp3) is 0.375. The first-order valence-corrected chi connectivity index (χ1v) is 10.8. The van der Waals surface area contributed by atoms with E-state index in [1.54, 1.807) is 6.26 Å². The lowest BCUT2D eigenvalue weighted by molar-refractivity contribution is 0.501. The summed E-state index contributed by atoms with van der Waals surface area (Å²) in [6.45, 7) is 7.21. The molecule has 1 saturated heterocycles. The summed E-state index contributed by atoms with van der Waals surface area (Å²) >= 11 is 0. The fourth-order valence-corrected chi connectivity index (χ4v) is 4.52. The van der Waals surface area contributed by atoms with Gasteiger partial charge in [-0.05, 0) is 51.0 Å². The predicted molar refractivity (Wildman–Crippen MR) is 119 cm³/mol. The Bertz CT molecular complexity index is 1150. The number of aromatic nitrogens is 4. The maximum atomic E-state index is 5.55. The smallest absolute Gasteiger partial charge is 0.193 e. The standard InChI is InChI=1S/C24H27N5O/c1-4-23-26-19(15-30-23)14-28-21-8-6-5-7-20(21)27-24(28)18-11-12-22(25-13-18)29-16(2)9-10-17(29)3/h5-8,11-13,15-17H,4,9-10,14H2,1-3H3/t16-,17-/m0/s1. The highest BCUT2D eigenvalue weighted by Gasteiger charge is 2.28. The van der Waals surface area contributed by atoms with Crippen molar-refractivity contribution < 1.29 is 4.42 Å². The Morgan fingerprint density at radius 2 is 1.83 bits per heavy atom. The van der Waals surface area contributed by atoms with Crippen molar-refractivity contribution in [2.45, 2.75) is 58.7 Å². The van der Waals surface area contributed by atoms with Gasteiger partial charge in [0.05, 0.1) is 23.3 Å². The molecule has 6 nitrogen and oxygen atoms in total. The highest BCUT2D eigenvalue weighted by Crippen LogP contribution is 2.31. The van der Waals surface area contributed by atoms with Crippen LogP contribution < -0.4 is 4.90 Å². The molecule has 154 valence electrons. The number of imidazole rings is 1. The van der Waals surface area contributed by atoms with Crippen molar-refractivity contribution in [1.29, 1.82) is 0 Å². The van der Waals surface area contributed by atoms with Crippen LogP contribution in [0.1, 0.15) is 45.2 Å². The van der Waals surface area contributed by atoms with Crippen LogP contribution in [0.5, 0.6) is 0 Å². The van der Waals surface area contributed by atoms with Gasteiger partial charge in [-0.2, -0.15) is 0 Å². The van der Waals surface area contributed by atoms with Crippen LogP contribution >= 0.6 is 0 Å². The lowest BCUT2D eigenvalue weighted by Crippen LogP contribution is -2.33. The zero-order chi connectivity index (χ0) is 20.7. The number of aryl methyl sites for hydroxylation is 1. The molecule has 1 aromatic carbocycles. The van der Waals surface area contributed by atoms with Crippen LogP contribution in [0.3, 0.4) is 0 Å². The van der Waals surface area contributed by atoms with Crippen LogP contribution in [-0.2, 0) is 13.0 Å². The fourth-order valence-electron chi connectivity index (χ4n) is 4.52. The van der Waals surface area contributed by atoms with E-state index in [4.69, 9.17) is 14.4 Å². The SMILES string of the molecule is CCc1nc(Cn2c(-c3ccc(N4[C@@H](C)CC[C@@H]4C)nc3)nc3ccccc32)co1. The minimum absolute atomic E-state index is 0.530. The Morgan fingerprint density at radius 3 is 2.53 bits per heavy atom. The van der Waals surface area contributed by atoms with Gasteiger partial charge in [0.25, 0.3) is 0 Å². The summed E-state index contributed by atoms with van der Waals surface area (Å²) in [6.07, 6.45) is 6.92. The van der Waals surface area contributed by atoms with Gasteiger partial charge in [0.15, 0.2) is 5.89 Å². The van der Waals surface area contributed by atoms with E-state index in [9.17, 15) is 0 Å². The van der Waals surface area contributed by atoms with Gasteiger partial charge in [-0.3, -0.25) is 0 Å². The van der Waals surface area contributed by atoms with E-state index in [0.717, 1.165) is 46.2 Å². The quantitative estimate of drug-likeness (QED) is 0.467. The summed E-state index contributed by atoms with van der Waals surface area (Å²) in [7, 11) is 0. The van der Waals surface area contributed by atoms with Crippen molar-refractivity contribution in [1.82, 2.24) is 19.5 Å². The summed E-state index contributed by atoms with van der Waals surface area (Å²) in [5.74, 6) is 2.71. The molecule has 0 aliphatic carbocycles. The molecule has 1 fully saturated rings. The Kier molecular flexibility index (Phi) is 4.77. The largest absolute Gasteiger partial charge is 0.449 e. The molecule has 1 aliphatic heterocycles. The summed E-state index contributed by atoms with van der Waals surface area (Å²) in [5, 5.41) is 0. The van der Waals surface area contributed by atoms with Gasteiger partial charge in [-0.25, -0.2) is 15.0 Å². The predicted octanol–water partition coefficient (Wildman–Crippen LogP) is 5.07. The molecule has 0 saturated carbocycles. The first-order chi connectivity index (χ1) is 14.6. The third kappa shape index (κ3) is 3.26. The van der Waals surface area contributed by atoms with Crippen LogP contribution in [0.4, 0.5) is 5.82 Å². The van der Waals surface area contributed by atoms with Crippen LogP contribution in [0, 0.1) is 0 Å². The monoisotopic (exact) mass is 401 g/mol.